The smallest absolute Gasteiger partial charge is 0.129 e. The summed E-state index contributed by atoms with van der Waals surface area (Å²) < 4.78 is 2.16. The summed E-state index contributed by atoms with van der Waals surface area (Å²) in [5, 5.41) is 1.91. The van der Waals surface area contributed by atoms with Crippen molar-refractivity contribution in [3.05, 3.63) is 35.5 Å². The first-order valence-electron chi connectivity index (χ1n) is 5.40. The lowest BCUT2D eigenvalue weighted by Crippen LogP contribution is -1.98. The van der Waals surface area contributed by atoms with Crippen LogP contribution in [0.2, 0.25) is 5.02 Å². The second-order valence-electron chi connectivity index (χ2n) is 4.02. The molecule has 2 rings (SSSR count). The molecule has 1 aromatic carbocycles. The van der Waals surface area contributed by atoms with Gasteiger partial charge < -0.3 is 9.36 Å². The highest BCUT2D eigenvalue weighted by Crippen LogP contribution is 2.20. The van der Waals surface area contributed by atoms with E-state index in [2.05, 4.69) is 10.6 Å². The molecular weight excluding hydrogens is 222 g/mol. The minimum Gasteiger partial charge on any atom is -0.347 e. The number of carbonyl (C=O) groups excluding carboxylic acids is 1. The molecule has 0 aliphatic rings. The molecule has 84 valence electrons. The van der Waals surface area contributed by atoms with Crippen LogP contribution in [0.3, 0.4) is 0 Å². The van der Waals surface area contributed by atoms with Crippen LogP contribution in [-0.4, -0.2) is 10.4 Å². The van der Waals surface area contributed by atoms with E-state index in [1.165, 1.54) is 5.52 Å². The van der Waals surface area contributed by atoms with Gasteiger partial charge in [0.15, 0.2) is 0 Å². The van der Waals surface area contributed by atoms with Gasteiger partial charge >= 0.3 is 0 Å². The normalized spacial score (nSPS) is 10.9. The maximum atomic E-state index is 10.9. The third-order valence-corrected chi connectivity index (χ3v) is 2.90. The van der Waals surface area contributed by atoms with Crippen molar-refractivity contribution in [2.45, 2.75) is 26.3 Å². The molecular formula is C13H14ClNO. The van der Waals surface area contributed by atoms with Gasteiger partial charge in [0.05, 0.1) is 0 Å². The summed E-state index contributed by atoms with van der Waals surface area (Å²) in [6, 6.07) is 7.92. The third-order valence-electron chi connectivity index (χ3n) is 2.66. The monoisotopic (exact) mass is 235 g/mol. The van der Waals surface area contributed by atoms with E-state index in [4.69, 9.17) is 11.6 Å². The summed E-state index contributed by atoms with van der Waals surface area (Å²) in [7, 11) is 0. The fourth-order valence-electron chi connectivity index (χ4n) is 1.86. The summed E-state index contributed by atoms with van der Waals surface area (Å²) in [5.41, 5.74) is 1.17. The van der Waals surface area contributed by atoms with Crippen LogP contribution in [-0.2, 0) is 11.3 Å². The number of aromatic nitrogens is 1. The second-order valence-corrected chi connectivity index (χ2v) is 4.45. The molecule has 0 N–H and O–H groups in total. The Hall–Kier alpha value is -1.28. The number of benzene rings is 1. The maximum Gasteiger partial charge on any atom is 0.129 e. The third kappa shape index (κ3) is 2.45. The molecule has 16 heavy (non-hydrogen) atoms. The summed E-state index contributed by atoms with van der Waals surface area (Å²) in [6.45, 7) is 2.51. The number of Topliss-reactive ketones (excluding diaryl/α,β-unsaturated/α-hetero) is 1. The van der Waals surface area contributed by atoms with Crippen LogP contribution in [0.25, 0.3) is 10.9 Å². The minimum atomic E-state index is 0.250. The molecule has 2 aromatic rings. The molecule has 1 aromatic heterocycles. The first-order valence-corrected chi connectivity index (χ1v) is 5.78. The van der Waals surface area contributed by atoms with Crippen molar-refractivity contribution in [1.29, 1.82) is 0 Å². The largest absolute Gasteiger partial charge is 0.347 e. The van der Waals surface area contributed by atoms with Gasteiger partial charge in [0, 0.05) is 35.1 Å². The number of hydrogen-bond donors (Lipinski definition) is 0. The van der Waals surface area contributed by atoms with E-state index >= 15 is 0 Å². The molecule has 0 saturated heterocycles. The number of halogens is 1. The topological polar surface area (TPSA) is 22.0 Å². The molecule has 0 fully saturated rings. The zero-order valence-electron chi connectivity index (χ0n) is 9.24. The average molecular weight is 236 g/mol. The number of carbonyl (C=O) groups is 1. The quantitative estimate of drug-likeness (QED) is 0.793. The first kappa shape index (κ1) is 11.2. The van der Waals surface area contributed by atoms with Crippen LogP contribution in [0.4, 0.5) is 0 Å². The number of aryl methyl sites for hydroxylation is 1. The van der Waals surface area contributed by atoms with Gasteiger partial charge in [0.2, 0.25) is 0 Å². The number of rotatable bonds is 4. The van der Waals surface area contributed by atoms with Gasteiger partial charge in [-0.1, -0.05) is 11.6 Å². The van der Waals surface area contributed by atoms with E-state index in [0.29, 0.717) is 6.42 Å². The fraction of sp³-hybridized carbons (Fsp3) is 0.308. The lowest BCUT2D eigenvalue weighted by Gasteiger charge is -2.04. The molecule has 0 aliphatic carbocycles. The van der Waals surface area contributed by atoms with Gasteiger partial charge in [-0.05, 0) is 37.6 Å². The van der Waals surface area contributed by atoms with Gasteiger partial charge in [0.25, 0.3) is 0 Å². The van der Waals surface area contributed by atoms with Crippen LogP contribution < -0.4 is 0 Å². The van der Waals surface area contributed by atoms with Gasteiger partial charge in [-0.3, -0.25) is 0 Å². The number of fused-ring (bicyclic) bond motifs is 1. The van der Waals surface area contributed by atoms with Gasteiger partial charge in [-0.25, -0.2) is 0 Å². The number of nitrogens with zero attached hydrogens (tertiary/aromatic N) is 1. The molecule has 0 spiro atoms. The molecule has 0 unspecified atom stereocenters. The highest BCUT2D eigenvalue weighted by Gasteiger charge is 2.01. The Morgan fingerprint density at radius 1 is 1.38 bits per heavy atom. The van der Waals surface area contributed by atoms with Gasteiger partial charge in [-0.2, -0.15) is 0 Å². The van der Waals surface area contributed by atoms with E-state index in [1.807, 2.05) is 24.4 Å². The Morgan fingerprint density at radius 2 is 2.19 bits per heavy atom. The van der Waals surface area contributed by atoms with Crippen molar-refractivity contribution in [3.63, 3.8) is 0 Å². The highest BCUT2D eigenvalue weighted by molar-refractivity contribution is 6.31. The predicted octanol–water partition coefficient (Wildman–Crippen LogP) is 3.66. The zero-order chi connectivity index (χ0) is 11.5. The zero-order valence-corrected chi connectivity index (χ0v) is 10.00. The van der Waals surface area contributed by atoms with Gasteiger partial charge in [-0.15, -0.1) is 0 Å². The van der Waals surface area contributed by atoms with Crippen molar-refractivity contribution >= 4 is 28.3 Å². The van der Waals surface area contributed by atoms with Crippen molar-refractivity contribution in [3.8, 4) is 0 Å². The Balaban J connectivity index is 2.15. The molecule has 0 atom stereocenters. The van der Waals surface area contributed by atoms with Crippen LogP contribution in [0.1, 0.15) is 19.8 Å². The second kappa shape index (κ2) is 4.71. The fourth-order valence-corrected chi connectivity index (χ4v) is 2.04. The number of ketones is 1. The molecule has 0 aliphatic heterocycles. The first-order chi connectivity index (χ1) is 7.66. The van der Waals surface area contributed by atoms with E-state index in [9.17, 15) is 4.79 Å². The lowest BCUT2D eigenvalue weighted by atomic mass is 10.2. The average Bonchev–Trinajstić information content (AvgIpc) is 2.60. The van der Waals surface area contributed by atoms with Crippen molar-refractivity contribution in [1.82, 2.24) is 4.57 Å². The molecule has 0 bridgehead atoms. The summed E-state index contributed by atoms with van der Waals surface area (Å²) in [6.07, 6.45) is 3.58. The SMILES string of the molecule is CC(=O)CCCn1ccc2cc(Cl)ccc21. The molecule has 0 saturated carbocycles. The highest BCUT2D eigenvalue weighted by atomic mass is 35.5. The van der Waals surface area contributed by atoms with Crippen LogP contribution in [0.5, 0.6) is 0 Å². The molecule has 1 heterocycles. The van der Waals surface area contributed by atoms with Crippen molar-refractivity contribution < 1.29 is 4.79 Å². The van der Waals surface area contributed by atoms with Crippen LogP contribution >= 0.6 is 11.6 Å². The molecule has 2 nitrogen and oxygen atoms in total. The van der Waals surface area contributed by atoms with Crippen molar-refractivity contribution in [2.75, 3.05) is 0 Å². The predicted molar refractivity (Wildman–Crippen MR) is 66.9 cm³/mol. The standard InChI is InChI=1S/C13H14ClNO/c1-10(16)3-2-7-15-8-6-11-9-12(14)4-5-13(11)15/h4-6,8-9H,2-3,7H2,1H3. The minimum absolute atomic E-state index is 0.250. The Bertz CT molecular complexity index is 516. The Labute approximate surface area is 99.8 Å². The van der Waals surface area contributed by atoms with Crippen LogP contribution in [0, 0.1) is 0 Å². The Morgan fingerprint density at radius 3 is 2.94 bits per heavy atom. The molecule has 0 amide bonds. The maximum absolute atomic E-state index is 10.9. The lowest BCUT2D eigenvalue weighted by molar-refractivity contribution is -0.117. The molecule has 0 radical (unpaired) electrons. The van der Waals surface area contributed by atoms with E-state index in [1.54, 1.807) is 6.92 Å². The van der Waals surface area contributed by atoms with Crippen molar-refractivity contribution in [2.24, 2.45) is 0 Å². The summed E-state index contributed by atoms with van der Waals surface area (Å²) in [4.78, 5) is 10.9. The van der Waals surface area contributed by atoms with Gasteiger partial charge in [0.1, 0.15) is 5.78 Å². The number of hydrogen-bond acceptors (Lipinski definition) is 1. The van der Waals surface area contributed by atoms with E-state index < -0.39 is 0 Å². The Kier molecular flexibility index (Phi) is 3.30. The van der Waals surface area contributed by atoms with E-state index in [-0.39, 0.29) is 5.78 Å². The van der Waals surface area contributed by atoms with Crippen LogP contribution in [0.15, 0.2) is 30.5 Å². The molecule has 3 heteroatoms. The summed E-state index contributed by atoms with van der Waals surface area (Å²) >= 11 is 5.92. The summed E-state index contributed by atoms with van der Waals surface area (Å²) in [5.74, 6) is 0.250. The van der Waals surface area contributed by atoms with E-state index in [0.717, 1.165) is 23.4 Å².